The van der Waals surface area contributed by atoms with Crippen LogP contribution in [0.25, 0.3) is 5.70 Å². The van der Waals surface area contributed by atoms with Crippen molar-refractivity contribution in [1.82, 2.24) is 14.9 Å². The summed E-state index contributed by atoms with van der Waals surface area (Å²) in [5.74, 6) is -2.45. The Morgan fingerprint density at radius 3 is 2.12 bits per heavy atom. The van der Waals surface area contributed by atoms with Crippen LogP contribution in [0.3, 0.4) is 0 Å². The van der Waals surface area contributed by atoms with Crippen molar-refractivity contribution in [2.24, 2.45) is 0 Å². The lowest BCUT2D eigenvalue weighted by molar-refractivity contribution is -0.177. The minimum atomic E-state index is -1.78. The predicted molar refractivity (Wildman–Crippen MR) is 148 cm³/mol. The zero-order valence-corrected chi connectivity index (χ0v) is 23.5. The Morgan fingerprint density at radius 1 is 1.00 bits per heavy atom. The molecule has 1 heterocycles. The molecule has 214 valence electrons. The first-order chi connectivity index (χ1) is 19.1. The van der Waals surface area contributed by atoms with Crippen molar-refractivity contribution in [3.8, 4) is 0 Å². The third kappa shape index (κ3) is 7.13. The maximum Gasteiger partial charge on any atom is 0.337 e. The quantitative estimate of drug-likeness (QED) is 0.427. The van der Waals surface area contributed by atoms with Crippen LogP contribution in [0.2, 0.25) is 0 Å². The van der Waals surface area contributed by atoms with E-state index in [9.17, 15) is 24.3 Å². The van der Waals surface area contributed by atoms with E-state index in [-0.39, 0.29) is 31.1 Å². The van der Waals surface area contributed by atoms with Crippen molar-refractivity contribution in [2.75, 3.05) is 13.7 Å². The second-order valence-electron chi connectivity index (χ2n) is 9.81. The van der Waals surface area contributed by atoms with Crippen molar-refractivity contribution in [2.45, 2.75) is 64.8 Å². The fourth-order valence-corrected chi connectivity index (χ4v) is 4.65. The highest BCUT2D eigenvalue weighted by Crippen LogP contribution is 2.32. The Kier molecular flexibility index (Phi) is 10.6. The molecule has 10 nitrogen and oxygen atoms in total. The number of benzene rings is 2. The molecule has 40 heavy (non-hydrogen) atoms. The van der Waals surface area contributed by atoms with E-state index >= 15 is 0 Å². The van der Waals surface area contributed by atoms with Gasteiger partial charge in [0, 0.05) is 45.7 Å². The van der Waals surface area contributed by atoms with Crippen molar-refractivity contribution in [3.63, 3.8) is 0 Å². The molecule has 3 atom stereocenters. The lowest BCUT2D eigenvalue weighted by Gasteiger charge is -2.47. The molecule has 0 saturated carbocycles. The first-order valence-electron chi connectivity index (χ1n) is 13.2. The number of hydrogen-bond donors (Lipinski definition) is 1. The largest absolute Gasteiger partial charge is 0.461 e. The molecule has 0 aromatic heterocycles. The van der Waals surface area contributed by atoms with Gasteiger partial charge in [-0.15, -0.1) is 0 Å². The van der Waals surface area contributed by atoms with E-state index in [1.807, 2.05) is 6.07 Å². The molecule has 0 bridgehead atoms. The van der Waals surface area contributed by atoms with Gasteiger partial charge in [0.25, 0.3) is 5.91 Å². The predicted octanol–water partition coefficient (Wildman–Crippen LogP) is 2.77. The number of esters is 1. The minimum Gasteiger partial charge on any atom is -0.461 e. The summed E-state index contributed by atoms with van der Waals surface area (Å²) in [7, 11) is 1.49. The molecule has 0 aliphatic carbocycles. The summed E-state index contributed by atoms with van der Waals surface area (Å²) in [5, 5.41) is 13.6. The van der Waals surface area contributed by atoms with Crippen molar-refractivity contribution in [1.29, 1.82) is 0 Å². The van der Waals surface area contributed by atoms with Crippen LogP contribution in [-0.4, -0.2) is 81.7 Å². The molecule has 0 spiro atoms. The summed E-state index contributed by atoms with van der Waals surface area (Å²) in [6, 6.07) is 15.7. The fourth-order valence-electron chi connectivity index (χ4n) is 4.65. The average molecular weight is 552 g/mol. The lowest BCUT2D eigenvalue weighted by atomic mass is 9.99. The average Bonchev–Trinajstić information content (AvgIpc) is 2.92. The maximum atomic E-state index is 14.2. The number of carbonyl (C=O) groups is 4. The molecule has 0 radical (unpaired) electrons. The molecule has 2 unspecified atom stereocenters. The number of aliphatic hydroxyl groups excluding tert-OH is 1. The molecule has 10 heteroatoms. The molecular formula is C30H37N3O7. The van der Waals surface area contributed by atoms with Gasteiger partial charge >= 0.3 is 5.97 Å². The summed E-state index contributed by atoms with van der Waals surface area (Å²) in [6.45, 7) is 6.10. The van der Waals surface area contributed by atoms with E-state index in [2.05, 4.69) is 0 Å². The van der Waals surface area contributed by atoms with Crippen LogP contribution in [0, 0.1) is 0 Å². The normalized spacial score (nSPS) is 16.8. The van der Waals surface area contributed by atoms with Crippen molar-refractivity contribution >= 4 is 29.4 Å². The zero-order valence-electron chi connectivity index (χ0n) is 23.5. The van der Waals surface area contributed by atoms with Crippen LogP contribution in [0.5, 0.6) is 0 Å². The van der Waals surface area contributed by atoms with Gasteiger partial charge in [0.2, 0.25) is 11.8 Å². The van der Waals surface area contributed by atoms with Gasteiger partial charge in [-0.3, -0.25) is 14.4 Å². The number of methoxy groups -OCH3 is 1. The highest BCUT2D eigenvalue weighted by Gasteiger charge is 2.46. The van der Waals surface area contributed by atoms with Gasteiger partial charge in [0.15, 0.2) is 6.10 Å². The lowest BCUT2D eigenvalue weighted by Crippen LogP contribution is -2.64. The fraction of sp³-hybridized carbons (Fsp3) is 0.400. The Hall–Kier alpha value is -4.02. The standard InChI is InChI=1S/C30H37N3O7/c1-20(2)40-30(38)28(36)26(18-23-12-8-6-9-13-23)32(22(4)35)33-27(24-14-10-7-11-15-24)19-31(21(3)34)25(29(33)37)16-17-39-5/h6-15,19-20,25-26,28,36H,16-18H2,1-5H3/t25?,26-,28?/m0/s1. The minimum absolute atomic E-state index is 0.0415. The first kappa shape index (κ1) is 30.5. The number of nitrogens with zero attached hydrogens (tertiary/aromatic N) is 3. The molecule has 1 aliphatic heterocycles. The smallest absolute Gasteiger partial charge is 0.337 e. The summed E-state index contributed by atoms with van der Waals surface area (Å²) >= 11 is 0. The van der Waals surface area contributed by atoms with Gasteiger partial charge < -0.3 is 19.5 Å². The van der Waals surface area contributed by atoms with E-state index in [1.165, 1.54) is 37.1 Å². The van der Waals surface area contributed by atoms with Gasteiger partial charge in [-0.2, -0.15) is 0 Å². The van der Waals surface area contributed by atoms with Gasteiger partial charge in [0.1, 0.15) is 6.04 Å². The van der Waals surface area contributed by atoms with Crippen LogP contribution >= 0.6 is 0 Å². The van der Waals surface area contributed by atoms with E-state index < -0.39 is 42.1 Å². The number of aliphatic hydroxyl groups is 1. The molecule has 0 saturated heterocycles. The van der Waals surface area contributed by atoms with E-state index in [0.29, 0.717) is 5.56 Å². The van der Waals surface area contributed by atoms with E-state index in [1.54, 1.807) is 68.4 Å². The third-order valence-corrected chi connectivity index (χ3v) is 6.45. The van der Waals surface area contributed by atoms with Crippen LogP contribution < -0.4 is 0 Å². The highest BCUT2D eigenvalue weighted by molar-refractivity contribution is 5.98. The van der Waals surface area contributed by atoms with Crippen LogP contribution in [0.15, 0.2) is 66.9 Å². The van der Waals surface area contributed by atoms with E-state index in [4.69, 9.17) is 9.47 Å². The summed E-state index contributed by atoms with van der Waals surface area (Å²) in [6.07, 6.45) is -0.561. The Labute approximate surface area is 234 Å². The number of hydrogen-bond acceptors (Lipinski definition) is 7. The number of carbonyl (C=O) groups excluding carboxylic acids is 4. The molecule has 1 aliphatic rings. The van der Waals surface area contributed by atoms with Gasteiger partial charge in [0.05, 0.1) is 17.8 Å². The molecular weight excluding hydrogens is 514 g/mol. The molecule has 1 N–H and O–H groups in total. The molecule has 0 fully saturated rings. The highest BCUT2D eigenvalue weighted by atomic mass is 16.6. The second-order valence-corrected chi connectivity index (χ2v) is 9.81. The van der Waals surface area contributed by atoms with Gasteiger partial charge in [-0.1, -0.05) is 60.7 Å². The summed E-state index contributed by atoms with van der Waals surface area (Å²) in [5.41, 5.74) is 1.52. The monoisotopic (exact) mass is 551 g/mol. The SMILES string of the molecule is COCCC1C(=O)N(N(C(C)=O)[C@@H](Cc2ccccc2)C(O)C(=O)OC(C)C)C(c2ccccc2)=CN1C(C)=O. The van der Waals surface area contributed by atoms with Crippen LogP contribution in [0.4, 0.5) is 0 Å². The number of hydrazine groups is 1. The Balaban J connectivity index is 2.22. The maximum absolute atomic E-state index is 14.2. The van der Waals surface area contributed by atoms with Crippen LogP contribution in [-0.2, 0) is 35.1 Å². The first-order valence-corrected chi connectivity index (χ1v) is 13.2. The van der Waals surface area contributed by atoms with Crippen molar-refractivity contribution < 1.29 is 33.8 Å². The second kappa shape index (κ2) is 13.9. The number of ether oxygens (including phenoxy) is 2. The zero-order chi connectivity index (χ0) is 29.4. The van der Waals surface area contributed by atoms with Crippen molar-refractivity contribution in [3.05, 3.63) is 78.0 Å². The number of amides is 3. The molecule has 2 aromatic rings. The summed E-state index contributed by atoms with van der Waals surface area (Å²) < 4.78 is 10.5. The Bertz CT molecular complexity index is 1220. The van der Waals surface area contributed by atoms with Gasteiger partial charge in [-0.25, -0.2) is 14.8 Å². The topological polar surface area (TPSA) is 117 Å². The molecule has 3 rings (SSSR count). The summed E-state index contributed by atoms with van der Waals surface area (Å²) in [4.78, 5) is 54.6. The molecule has 2 aromatic carbocycles. The third-order valence-electron chi connectivity index (χ3n) is 6.45. The van der Waals surface area contributed by atoms with E-state index in [0.717, 1.165) is 10.6 Å². The van der Waals surface area contributed by atoms with Gasteiger partial charge in [-0.05, 0) is 25.8 Å². The number of rotatable bonds is 11. The molecule has 3 amide bonds. The van der Waals surface area contributed by atoms with Crippen LogP contribution in [0.1, 0.15) is 45.2 Å². The Morgan fingerprint density at radius 2 is 1.60 bits per heavy atom.